The maximum Gasteiger partial charge on any atom is 0.263 e. The standard InChI is InChI=1S/C10H11ClN2O3S/c1-10(2)9(14)13(17(10,15)16)8-5-6(12)3-4-7(8)11/h3-5H,12H2,1-2H3. The monoisotopic (exact) mass is 274 g/mol. The van der Waals surface area contributed by atoms with Crippen molar-refractivity contribution in [3.63, 3.8) is 0 Å². The van der Waals surface area contributed by atoms with E-state index in [1.165, 1.54) is 32.0 Å². The topological polar surface area (TPSA) is 80.5 Å². The molecule has 7 heteroatoms. The van der Waals surface area contributed by atoms with Crippen molar-refractivity contribution in [1.29, 1.82) is 0 Å². The summed E-state index contributed by atoms with van der Waals surface area (Å²) < 4.78 is 23.2. The Kier molecular flexibility index (Phi) is 2.41. The second-order valence-corrected chi connectivity index (χ2v) is 7.04. The van der Waals surface area contributed by atoms with Crippen LogP contribution in [0.4, 0.5) is 11.4 Å². The van der Waals surface area contributed by atoms with Crippen molar-refractivity contribution in [1.82, 2.24) is 0 Å². The van der Waals surface area contributed by atoms with Crippen molar-refractivity contribution in [2.45, 2.75) is 18.6 Å². The number of nitrogen functional groups attached to an aromatic ring is 1. The summed E-state index contributed by atoms with van der Waals surface area (Å²) in [6.07, 6.45) is 0. The number of nitrogens with zero attached hydrogens (tertiary/aromatic N) is 1. The van der Waals surface area contributed by atoms with Gasteiger partial charge in [-0.25, -0.2) is 12.7 Å². The van der Waals surface area contributed by atoms with E-state index in [0.717, 1.165) is 0 Å². The smallest absolute Gasteiger partial charge is 0.263 e. The van der Waals surface area contributed by atoms with Crippen LogP contribution in [0.1, 0.15) is 13.8 Å². The van der Waals surface area contributed by atoms with Crippen LogP contribution in [0.2, 0.25) is 5.02 Å². The van der Waals surface area contributed by atoms with Gasteiger partial charge in [0.25, 0.3) is 15.9 Å². The van der Waals surface area contributed by atoms with Crippen molar-refractivity contribution in [3.05, 3.63) is 23.2 Å². The van der Waals surface area contributed by atoms with Crippen molar-refractivity contribution in [2.75, 3.05) is 10.0 Å². The summed E-state index contributed by atoms with van der Waals surface area (Å²) in [5.74, 6) is -0.509. The average molecular weight is 275 g/mol. The summed E-state index contributed by atoms with van der Waals surface area (Å²) in [5, 5.41) is 0.173. The molecule has 1 aliphatic heterocycles. The zero-order valence-corrected chi connectivity index (χ0v) is 10.8. The van der Waals surface area contributed by atoms with Gasteiger partial charge in [-0.3, -0.25) is 4.79 Å². The number of halogens is 1. The number of carbonyl (C=O) groups excluding carboxylic acids is 1. The Hall–Kier alpha value is -1.27. The highest BCUT2D eigenvalue weighted by molar-refractivity contribution is 7.98. The van der Waals surface area contributed by atoms with Crippen LogP contribution < -0.4 is 10.0 Å². The Morgan fingerprint density at radius 3 is 2.47 bits per heavy atom. The van der Waals surface area contributed by atoms with Gasteiger partial charge in [-0.05, 0) is 32.0 Å². The lowest BCUT2D eigenvalue weighted by molar-refractivity contribution is -0.120. The second kappa shape index (κ2) is 3.36. The van der Waals surface area contributed by atoms with Gasteiger partial charge in [0.05, 0.1) is 10.7 Å². The highest BCUT2D eigenvalue weighted by atomic mass is 35.5. The number of nitrogens with two attached hydrogens (primary N) is 1. The number of hydrogen-bond donors (Lipinski definition) is 1. The first-order valence-corrected chi connectivity index (χ1v) is 6.66. The largest absolute Gasteiger partial charge is 0.399 e. The van der Waals surface area contributed by atoms with Gasteiger partial charge < -0.3 is 5.73 Å². The number of rotatable bonds is 1. The third kappa shape index (κ3) is 1.44. The molecule has 1 heterocycles. The Labute approximate surface area is 104 Å². The van der Waals surface area contributed by atoms with E-state index in [1.54, 1.807) is 0 Å². The van der Waals surface area contributed by atoms with Crippen LogP contribution in [0, 0.1) is 0 Å². The van der Waals surface area contributed by atoms with Crippen molar-refractivity contribution >= 4 is 38.9 Å². The Balaban J connectivity index is 2.58. The quantitative estimate of drug-likeness (QED) is 0.785. The van der Waals surface area contributed by atoms with Crippen molar-refractivity contribution in [2.24, 2.45) is 0 Å². The lowest BCUT2D eigenvalue weighted by Gasteiger charge is -2.43. The van der Waals surface area contributed by atoms with E-state index in [9.17, 15) is 13.2 Å². The highest BCUT2D eigenvalue weighted by Crippen LogP contribution is 2.42. The fourth-order valence-corrected chi connectivity index (χ4v) is 3.32. The molecule has 0 unspecified atom stereocenters. The fourth-order valence-electron chi connectivity index (χ4n) is 1.58. The van der Waals surface area contributed by atoms with Gasteiger partial charge >= 0.3 is 0 Å². The Bertz CT molecular complexity index is 610. The van der Waals surface area contributed by atoms with Crippen LogP contribution in [-0.4, -0.2) is 19.1 Å². The second-order valence-electron chi connectivity index (χ2n) is 4.30. The van der Waals surface area contributed by atoms with Crippen LogP contribution in [0.15, 0.2) is 18.2 Å². The van der Waals surface area contributed by atoms with Crippen molar-refractivity contribution in [3.8, 4) is 0 Å². The molecule has 0 atom stereocenters. The fraction of sp³-hybridized carbons (Fsp3) is 0.300. The molecule has 1 amide bonds. The first kappa shape index (κ1) is 12.2. The first-order chi connectivity index (χ1) is 7.69. The Morgan fingerprint density at radius 2 is 1.94 bits per heavy atom. The molecule has 1 saturated heterocycles. The first-order valence-electron chi connectivity index (χ1n) is 4.84. The van der Waals surface area contributed by atoms with E-state index in [-0.39, 0.29) is 10.7 Å². The van der Waals surface area contributed by atoms with Crippen LogP contribution in [0.5, 0.6) is 0 Å². The molecule has 1 fully saturated rings. The molecule has 1 aliphatic rings. The lowest BCUT2D eigenvalue weighted by atomic mass is 10.1. The van der Waals surface area contributed by atoms with Crippen LogP contribution in [0.25, 0.3) is 0 Å². The molecule has 17 heavy (non-hydrogen) atoms. The molecule has 0 aliphatic carbocycles. The molecule has 2 N–H and O–H groups in total. The van der Waals surface area contributed by atoms with Crippen molar-refractivity contribution < 1.29 is 13.2 Å². The minimum atomic E-state index is -3.70. The SMILES string of the molecule is CC1(C)C(=O)N(c2cc(N)ccc2Cl)S1(=O)=O. The number of anilines is 2. The lowest BCUT2D eigenvalue weighted by Crippen LogP contribution is -2.67. The molecule has 2 rings (SSSR count). The molecule has 1 aromatic carbocycles. The van der Waals surface area contributed by atoms with Crippen LogP contribution in [-0.2, 0) is 14.8 Å². The molecule has 0 bridgehead atoms. The molecule has 0 radical (unpaired) electrons. The molecular formula is C10H11ClN2O3S. The van der Waals surface area contributed by atoms with E-state index in [1.807, 2.05) is 0 Å². The van der Waals surface area contributed by atoms with Gasteiger partial charge in [0.2, 0.25) is 0 Å². The number of carbonyl (C=O) groups is 1. The summed E-state index contributed by atoms with van der Waals surface area (Å²) >= 11 is 5.88. The van der Waals surface area contributed by atoms with E-state index in [4.69, 9.17) is 17.3 Å². The van der Waals surface area contributed by atoms with Gasteiger partial charge in [0, 0.05) is 5.69 Å². The number of amides is 1. The minimum Gasteiger partial charge on any atom is -0.399 e. The van der Waals surface area contributed by atoms with Crippen LogP contribution >= 0.6 is 11.6 Å². The Morgan fingerprint density at radius 1 is 1.35 bits per heavy atom. The molecule has 1 aromatic rings. The zero-order chi connectivity index (χ0) is 13.0. The van der Waals surface area contributed by atoms with E-state index >= 15 is 0 Å². The highest BCUT2D eigenvalue weighted by Gasteiger charge is 2.61. The third-order valence-corrected chi connectivity index (χ3v) is 5.40. The summed E-state index contributed by atoms with van der Waals surface area (Å²) in [6, 6.07) is 4.36. The van der Waals surface area contributed by atoms with Gasteiger partial charge in [-0.2, -0.15) is 0 Å². The van der Waals surface area contributed by atoms with E-state index in [0.29, 0.717) is 9.99 Å². The molecule has 0 saturated carbocycles. The molecule has 0 spiro atoms. The predicted octanol–water partition coefficient (Wildman–Crippen LogP) is 1.38. The zero-order valence-electron chi connectivity index (χ0n) is 9.27. The van der Waals surface area contributed by atoms with Gasteiger partial charge in [0.15, 0.2) is 4.75 Å². The predicted molar refractivity (Wildman–Crippen MR) is 66.3 cm³/mol. The van der Waals surface area contributed by atoms with Gasteiger partial charge in [-0.1, -0.05) is 11.6 Å². The maximum absolute atomic E-state index is 12.0. The normalized spacial score (nSPS) is 21.1. The number of sulfonamides is 1. The third-order valence-electron chi connectivity index (χ3n) is 2.77. The summed E-state index contributed by atoms with van der Waals surface area (Å²) in [5.41, 5.74) is 6.01. The van der Waals surface area contributed by atoms with E-state index < -0.39 is 20.7 Å². The minimum absolute atomic E-state index is 0.107. The maximum atomic E-state index is 12.0. The average Bonchev–Trinajstić information content (AvgIpc) is 2.22. The molecule has 5 nitrogen and oxygen atoms in total. The van der Waals surface area contributed by atoms with Crippen LogP contribution in [0.3, 0.4) is 0 Å². The molecule has 0 aromatic heterocycles. The molecular weight excluding hydrogens is 264 g/mol. The summed E-state index contributed by atoms with van der Waals surface area (Å²) in [7, 11) is -3.70. The summed E-state index contributed by atoms with van der Waals surface area (Å²) in [4.78, 5) is 11.8. The van der Waals surface area contributed by atoms with E-state index in [2.05, 4.69) is 0 Å². The molecule has 92 valence electrons. The van der Waals surface area contributed by atoms with Gasteiger partial charge in [0.1, 0.15) is 0 Å². The van der Waals surface area contributed by atoms with Gasteiger partial charge in [-0.15, -0.1) is 0 Å². The number of hydrogen-bond acceptors (Lipinski definition) is 4. The number of benzene rings is 1. The summed E-state index contributed by atoms with van der Waals surface area (Å²) in [6.45, 7) is 2.72.